The fourth-order valence-electron chi connectivity index (χ4n) is 4.98. The Kier molecular flexibility index (Phi) is 8.38. The van der Waals surface area contributed by atoms with E-state index in [0.29, 0.717) is 29.6 Å². The molecule has 1 aliphatic heterocycles. The second-order valence-electron chi connectivity index (χ2n) is 9.94. The van der Waals surface area contributed by atoms with Gasteiger partial charge in [-0.1, -0.05) is 18.2 Å². The zero-order valence-corrected chi connectivity index (χ0v) is 24.0. The van der Waals surface area contributed by atoms with E-state index in [1.807, 2.05) is 48.5 Å². The van der Waals surface area contributed by atoms with E-state index in [2.05, 4.69) is 37.5 Å². The van der Waals surface area contributed by atoms with Crippen molar-refractivity contribution in [3.63, 3.8) is 0 Å². The van der Waals surface area contributed by atoms with Gasteiger partial charge in [0.2, 0.25) is 5.95 Å². The normalized spacial score (nSPS) is 13.7. The van der Waals surface area contributed by atoms with Gasteiger partial charge in [0.15, 0.2) is 0 Å². The van der Waals surface area contributed by atoms with Gasteiger partial charge < -0.3 is 19.9 Å². The molecule has 0 radical (unpaired) electrons. The van der Waals surface area contributed by atoms with E-state index in [4.69, 9.17) is 9.72 Å². The Morgan fingerprint density at radius 1 is 1.15 bits per heavy atom. The Bertz CT molecular complexity index is 1500. The van der Waals surface area contributed by atoms with Crippen molar-refractivity contribution in [2.24, 2.45) is 0 Å². The van der Waals surface area contributed by atoms with Gasteiger partial charge in [-0.3, -0.25) is 14.1 Å². The average molecular weight is 563 g/mol. The van der Waals surface area contributed by atoms with Gasteiger partial charge in [0.1, 0.15) is 11.4 Å². The second kappa shape index (κ2) is 12.1. The number of methoxy groups -OCH3 is 1. The molecule has 2 aromatic carbocycles. The predicted molar refractivity (Wildman–Crippen MR) is 162 cm³/mol. The molecule has 0 aliphatic carbocycles. The summed E-state index contributed by atoms with van der Waals surface area (Å²) in [6.07, 6.45) is 6.15. The predicted octanol–water partition coefficient (Wildman–Crippen LogP) is 5.26. The summed E-state index contributed by atoms with van der Waals surface area (Å²) < 4.78 is 9.77. The van der Waals surface area contributed by atoms with Crippen LogP contribution in [-0.4, -0.2) is 82.5 Å². The first-order valence-corrected chi connectivity index (χ1v) is 13.9. The van der Waals surface area contributed by atoms with E-state index in [9.17, 15) is 10.1 Å². The number of hydrogen-bond donors (Lipinski definition) is 1. The summed E-state index contributed by atoms with van der Waals surface area (Å²) in [4.78, 5) is 25.2. The maximum absolute atomic E-state index is 12.1. The molecule has 3 heterocycles. The number of likely N-dealkylation sites (tertiary alicyclic amines) is 1. The van der Waals surface area contributed by atoms with E-state index < -0.39 is 0 Å². The first-order valence-electron chi connectivity index (χ1n) is 13.2. The second-order valence-corrected chi connectivity index (χ2v) is 11.2. The lowest BCUT2D eigenvalue weighted by atomic mass is 10.1. The van der Waals surface area contributed by atoms with Gasteiger partial charge in [0.25, 0.3) is 5.69 Å². The zero-order chi connectivity index (χ0) is 28.2. The number of ether oxygens (including phenoxy) is 1. The summed E-state index contributed by atoms with van der Waals surface area (Å²) in [5.74, 6) is 0.791. The number of hydrogen-bond acceptors (Lipinski definition) is 10. The molecule has 210 valence electrons. The van der Waals surface area contributed by atoms with Crippen molar-refractivity contribution < 1.29 is 9.66 Å². The minimum Gasteiger partial charge on any atom is -0.494 e. The maximum Gasteiger partial charge on any atom is 0.294 e. The molecule has 0 bridgehead atoms. The third-order valence-corrected chi connectivity index (χ3v) is 7.77. The molecule has 0 saturated carbocycles. The lowest BCUT2D eigenvalue weighted by Gasteiger charge is -2.24. The molecular weight excluding hydrogens is 528 g/mol. The summed E-state index contributed by atoms with van der Waals surface area (Å²) in [5.41, 5.74) is 3.70. The molecule has 0 atom stereocenters. The number of nitrogens with one attached hydrogen (secondary N) is 1. The number of rotatable bonds is 11. The number of aromatic nitrogens is 3. The van der Waals surface area contributed by atoms with Gasteiger partial charge in [-0.2, -0.15) is 0 Å². The molecule has 1 fully saturated rings. The van der Waals surface area contributed by atoms with Gasteiger partial charge >= 0.3 is 0 Å². The third-order valence-electron chi connectivity index (χ3n) is 6.96. The third kappa shape index (κ3) is 5.98. The van der Waals surface area contributed by atoms with Crippen LogP contribution in [0.3, 0.4) is 0 Å². The van der Waals surface area contributed by atoms with Crippen molar-refractivity contribution in [2.45, 2.75) is 12.8 Å². The molecule has 1 N–H and O–H groups in total. The molecule has 5 rings (SSSR count). The number of para-hydroxylation sites is 1. The molecule has 12 heteroatoms. The molecule has 40 heavy (non-hydrogen) atoms. The van der Waals surface area contributed by atoms with Crippen LogP contribution >= 0.6 is 12.1 Å². The average Bonchev–Trinajstić information content (AvgIpc) is 3.60. The highest BCUT2D eigenvalue weighted by Gasteiger charge is 2.23. The molecule has 11 nitrogen and oxygen atoms in total. The van der Waals surface area contributed by atoms with Gasteiger partial charge in [-0.25, -0.2) is 14.3 Å². The highest BCUT2D eigenvalue weighted by atomic mass is 32.2. The van der Waals surface area contributed by atoms with Crippen LogP contribution in [-0.2, 0) is 0 Å². The number of nitrogens with zero attached hydrogens (tertiary/aromatic N) is 7. The van der Waals surface area contributed by atoms with E-state index >= 15 is 0 Å². The van der Waals surface area contributed by atoms with Crippen molar-refractivity contribution in [3.05, 3.63) is 65.0 Å². The van der Waals surface area contributed by atoms with Crippen LogP contribution in [0.25, 0.3) is 22.2 Å². The summed E-state index contributed by atoms with van der Waals surface area (Å²) in [6, 6.07) is 13.2. The number of fused-ring (bicyclic) bond motifs is 1. The van der Waals surface area contributed by atoms with E-state index in [-0.39, 0.29) is 10.6 Å². The number of anilines is 3. The monoisotopic (exact) mass is 562 g/mol. The first-order chi connectivity index (χ1) is 19.3. The standard InChI is InChI=1S/C28H34N8O3S/c1-32(2)40-35-19-21(20-9-5-6-10-24(20)35)22-11-12-29-28(30-22)31-23-17-26(36(37)38)25(18-27(23)39-4)33(3)15-16-34-13-7-8-14-34/h5-6,9-12,17-19H,7-8,13-16H2,1-4H3,(H,29,30,31). The minimum absolute atomic E-state index is 0.00726. The smallest absolute Gasteiger partial charge is 0.294 e. The number of nitro benzene ring substituents is 1. The SMILES string of the molecule is COc1cc(N(C)CCN2CCCC2)c([N+](=O)[O-])cc1Nc1nccc(-c2cn(SN(C)C)c3ccccc23)n1. The quantitative estimate of drug-likeness (QED) is 0.148. The molecule has 0 amide bonds. The summed E-state index contributed by atoms with van der Waals surface area (Å²) in [7, 11) is 7.42. The molecule has 0 unspecified atom stereocenters. The molecule has 0 spiro atoms. The topological polar surface area (TPSA) is 105 Å². The lowest BCUT2D eigenvalue weighted by molar-refractivity contribution is -0.384. The minimum atomic E-state index is -0.360. The Hall–Kier alpha value is -3.87. The molecule has 1 aliphatic rings. The van der Waals surface area contributed by atoms with Crippen molar-refractivity contribution in [2.75, 3.05) is 64.6 Å². The maximum atomic E-state index is 12.1. The fraction of sp³-hybridized carbons (Fsp3) is 0.357. The Morgan fingerprint density at radius 3 is 2.65 bits per heavy atom. The highest BCUT2D eigenvalue weighted by molar-refractivity contribution is 7.95. The van der Waals surface area contributed by atoms with Crippen LogP contribution in [0.4, 0.5) is 23.0 Å². The number of nitro groups is 1. The first kappa shape index (κ1) is 27.7. The number of benzene rings is 2. The van der Waals surface area contributed by atoms with Gasteiger partial charge in [0.05, 0.1) is 28.9 Å². The lowest BCUT2D eigenvalue weighted by Crippen LogP contribution is -2.31. The molecule has 2 aromatic heterocycles. The van der Waals surface area contributed by atoms with Crippen molar-refractivity contribution >= 4 is 46.0 Å². The van der Waals surface area contributed by atoms with E-state index in [0.717, 1.165) is 41.8 Å². The van der Waals surface area contributed by atoms with Crippen LogP contribution < -0.4 is 15.0 Å². The van der Waals surface area contributed by atoms with Crippen LogP contribution in [0.1, 0.15) is 12.8 Å². The fourth-order valence-corrected chi connectivity index (χ4v) is 5.73. The molecule has 1 saturated heterocycles. The van der Waals surface area contributed by atoms with Crippen molar-refractivity contribution in [1.82, 2.24) is 23.1 Å². The summed E-state index contributed by atoms with van der Waals surface area (Å²) >= 11 is 1.58. The van der Waals surface area contributed by atoms with Crippen molar-refractivity contribution in [1.29, 1.82) is 0 Å². The zero-order valence-electron chi connectivity index (χ0n) is 23.2. The van der Waals surface area contributed by atoms with Crippen molar-refractivity contribution in [3.8, 4) is 17.0 Å². The van der Waals surface area contributed by atoms with E-state index in [1.54, 1.807) is 31.5 Å². The number of likely N-dealkylation sites (N-methyl/N-ethyl adjacent to an activating group) is 1. The van der Waals surface area contributed by atoms with Gasteiger partial charge in [-0.05, 0) is 52.2 Å². The summed E-state index contributed by atoms with van der Waals surface area (Å²) in [6.45, 7) is 3.70. The Morgan fingerprint density at radius 2 is 1.93 bits per heavy atom. The Balaban J connectivity index is 1.44. The Labute approximate surface area is 238 Å². The van der Waals surface area contributed by atoms with Gasteiger partial charge in [0, 0.05) is 67.7 Å². The molecule has 4 aromatic rings. The largest absolute Gasteiger partial charge is 0.494 e. The van der Waals surface area contributed by atoms with Gasteiger partial charge in [-0.15, -0.1) is 0 Å². The van der Waals surface area contributed by atoms with Crippen LogP contribution in [0, 0.1) is 10.1 Å². The van der Waals surface area contributed by atoms with Crippen LogP contribution in [0.15, 0.2) is 54.9 Å². The van der Waals surface area contributed by atoms with Crippen LogP contribution in [0.2, 0.25) is 0 Å². The molecular formula is C28H34N8O3S. The summed E-state index contributed by atoms with van der Waals surface area (Å²) in [5, 5.41) is 16.3. The highest BCUT2D eigenvalue weighted by Crippen LogP contribution is 2.39. The van der Waals surface area contributed by atoms with E-state index in [1.165, 1.54) is 18.9 Å². The van der Waals surface area contributed by atoms with Crippen LogP contribution in [0.5, 0.6) is 5.75 Å².